The van der Waals surface area contributed by atoms with Gasteiger partial charge in [-0.3, -0.25) is 14.4 Å². The molecule has 0 saturated heterocycles. The summed E-state index contributed by atoms with van der Waals surface area (Å²) in [7, 11) is 0. The molecule has 0 bridgehead atoms. The van der Waals surface area contributed by atoms with Crippen LogP contribution in [-0.2, 0) is 9.59 Å². The van der Waals surface area contributed by atoms with Crippen LogP contribution in [0.4, 0.5) is 5.69 Å². The van der Waals surface area contributed by atoms with Crippen LogP contribution in [0.15, 0.2) is 24.3 Å². The summed E-state index contributed by atoms with van der Waals surface area (Å²) in [6.07, 6.45) is 0.154. The summed E-state index contributed by atoms with van der Waals surface area (Å²) in [4.78, 5) is 34.3. The smallest absolute Gasteiger partial charge is 0.251 e. The van der Waals surface area contributed by atoms with Crippen molar-refractivity contribution < 1.29 is 14.4 Å². The molecule has 0 fully saturated rings. The van der Waals surface area contributed by atoms with Crippen LogP contribution in [0.5, 0.6) is 0 Å². The Bertz CT molecular complexity index is 604. The fourth-order valence-corrected chi connectivity index (χ4v) is 1.80. The number of primary amides is 1. The molecule has 0 heterocycles. The molecule has 2 atom stereocenters. The number of anilines is 1. The Balaban J connectivity index is 2.75. The minimum atomic E-state index is -0.905. The molecule has 3 amide bonds. The third-order valence-corrected chi connectivity index (χ3v) is 2.93. The lowest BCUT2D eigenvalue weighted by molar-refractivity contribution is -0.120. The first kappa shape index (κ1) is 17.2. The van der Waals surface area contributed by atoms with Gasteiger partial charge in [0.1, 0.15) is 6.04 Å². The lowest BCUT2D eigenvalue weighted by Gasteiger charge is -2.16. The minimum absolute atomic E-state index is 0.154. The molecule has 116 valence electrons. The predicted octanol–water partition coefficient (Wildman–Crippen LogP) is 0.778. The molecular formula is C15H18N4O3. The quantitative estimate of drug-likeness (QED) is 0.717. The predicted molar refractivity (Wildman–Crippen MR) is 80.6 cm³/mol. The van der Waals surface area contributed by atoms with Crippen LogP contribution >= 0.6 is 0 Å². The maximum Gasteiger partial charge on any atom is 0.251 e. The van der Waals surface area contributed by atoms with Gasteiger partial charge >= 0.3 is 0 Å². The Hall–Kier alpha value is -2.88. The number of amides is 3. The molecule has 1 aromatic carbocycles. The highest BCUT2D eigenvalue weighted by atomic mass is 16.2. The summed E-state index contributed by atoms with van der Waals surface area (Å²) < 4.78 is 0. The molecule has 1 aromatic rings. The third-order valence-electron chi connectivity index (χ3n) is 2.93. The summed E-state index contributed by atoms with van der Waals surface area (Å²) in [5.41, 5.74) is 6.12. The minimum Gasteiger partial charge on any atom is -0.368 e. The van der Waals surface area contributed by atoms with Crippen molar-refractivity contribution in [2.24, 2.45) is 11.7 Å². The number of benzene rings is 1. The normalized spacial score (nSPS) is 12.6. The maximum atomic E-state index is 12.1. The maximum absolute atomic E-state index is 12.1. The molecule has 7 nitrogen and oxygen atoms in total. The zero-order valence-electron chi connectivity index (χ0n) is 12.4. The second kappa shape index (κ2) is 7.78. The summed E-state index contributed by atoms with van der Waals surface area (Å²) in [5, 5.41) is 13.9. The second-order valence-corrected chi connectivity index (χ2v) is 4.95. The highest BCUT2D eigenvalue weighted by molar-refractivity contribution is 5.98. The van der Waals surface area contributed by atoms with Crippen molar-refractivity contribution in [2.45, 2.75) is 26.3 Å². The van der Waals surface area contributed by atoms with Gasteiger partial charge in [-0.15, -0.1) is 0 Å². The van der Waals surface area contributed by atoms with Gasteiger partial charge in [0.25, 0.3) is 5.91 Å². The molecule has 7 heteroatoms. The van der Waals surface area contributed by atoms with Crippen molar-refractivity contribution in [3.63, 3.8) is 0 Å². The number of nitrogens with zero attached hydrogens (tertiary/aromatic N) is 1. The van der Waals surface area contributed by atoms with Gasteiger partial charge in [0.15, 0.2) is 0 Å². The first-order valence-electron chi connectivity index (χ1n) is 6.71. The largest absolute Gasteiger partial charge is 0.368 e. The Labute approximate surface area is 128 Å². The molecule has 1 rings (SSSR count). The summed E-state index contributed by atoms with van der Waals surface area (Å²) in [6, 6.07) is 7.28. The molecule has 4 N–H and O–H groups in total. The lowest BCUT2D eigenvalue weighted by Crippen LogP contribution is -2.45. The Kier molecular flexibility index (Phi) is 6.08. The molecule has 0 aliphatic rings. The third kappa shape index (κ3) is 5.25. The number of carbonyl (C=O) groups excluding carboxylic acids is 3. The molecule has 0 radical (unpaired) electrons. The van der Waals surface area contributed by atoms with Gasteiger partial charge in [-0.25, -0.2) is 0 Å². The van der Waals surface area contributed by atoms with Crippen LogP contribution in [0, 0.1) is 17.2 Å². The Morgan fingerprint density at radius 3 is 2.32 bits per heavy atom. The standard InChI is InChI=1S/C15H18N4O3/c1-9(8-16)7-13(14(17)21)19-15(22)11-3-5-12(6-4-11)18-10(2)20/h3-6,9,13H,7H2,1-2H3,(H2,17,21)(H,18,20)(H,19,22)/t9-,13+/m0/s1. The molecule has 0 aliphatic carbocycles. The molecule has 0 aliphatic heterocycles. The van der Waals surface area contributed by atoms with Gasteiger partial charge in [-0.05, 0) is 37.6 Å². The van der Waals surface area contributed by atoms with Crippen LogP contribution in [0.25, 0.3) is 0 Å². The van der Waals surface area contributed by atoms with E-state index in [-0.39, 0.29) is 12.3 Å². The van der Waals surface area contributed by atoms with Gasteiger partial charge in [0.05, 0.1) is 6.07 Å². The molecule has 22 heavy (non-hydrogen) atoms. The SMILES string of the molecule is CC(=O)Nc1ccc(C(=O)N[C@H](C[C@H](C)C#N)C(N)=O)cc1. The van der Waals surface area contributed by atoms with Crippen LogP contribution in [0.2, 0.25) is 0 Å². The van der Waals surface area contributed by atoms with Crippen LogP contribution in [0.3, 0.4) is 0 Å². The van der Waals surface area contributed by atoms with Gasteiger partial charge in [0.2, 0.25) is 11.8 Å². The number of hydrogen-bond acceptors (Lipinski definition) is 4. The van der Waals surface area contributed by atoms with Gasteiger partial charge in [-0.2, -0.15) is 5.26 Å². The van der Waals surface area contributed by atoms with E-state index in [0.717, 1.165) is 0 Å². The first-order chi connectivity index (χ1) is 10.3. The number of nitriles is 1. The van der Waals surface area contributed by atoms with Crippen molar-refractivity contribution in [3.05, 3.63) is 29.8 Å². The summed E-state index contributed by atoms with van der Waals surface area (Å²) in [6.45, 7) is 3.03. The van der Waals surface area contributed by atoms with E-state index in [1.54, 1.807) is 19.1 Å². The zero-order valence-corrected chi connectivity index (χ0v) is 12.4. The number of nitrogens with one attached hydrogen (secondary N) is 2. The van der Waals surface area contributed by atoms with Gasteiger partial charge in [0, 0.05) is 24.1 Å². The molecule has 0 unspecified atom stereocenters. The summed E-state index contributed by atoms with van der Waals surface area (Å²) in [5.74, 6) is -1.77. The highest BCUT2D eigenvalue weighted by Crippen LogP contribution is 2.11. The van der Waals surface area contributed by atoms with E-state index in [4.69, 9.17) is 11.0 Å². The van der Waals surface area contributed by atoms with Crippen molar-refractivity contribution in [1.29, 1.82) is 5.26 Å². The number of hydrogen-bond donors (Lipinski definition) is 3. The van der Waals surface area contributed by atoms with E-state index in [0.29, 0.717) is 11.3 Å². The number of nitrogens with two attached hydrogens (primary N) is 1. The zero-order chi connectivity index (χ0) is 16.7. The number of carbonyl (C=O) groups is 3. The van der Waals surface area contributed by atoms with E-state index in [1.165, 1.54) is 19.1 Å². The van der Waals surface area contributed by atoms with Gasteiger partial charge in [-0.1, -0.05) is 0 Å². The average molecular weight is 302 g/mol. The molecular weight excluding hydrogens is 284 g/mol. The van der Waals surface area contributed by atoms with Crippen LogP contribution in [-0.4, -0.2) is 23.8 Å². The van der Waals surface area contributed by atoms with E-state index in [9.17, 15) is 14.4 Å². The fourth-order valence-electron chi connectivity index (χ4n) is 1.80. The van der Waals surface area contributed by atoms with Gasteiger partial charge < -0.3 is 16.4 Å². The van der Waals surface area contributed by atoms with Crippen molar-refractivity contribution >= 4 is 23.4 Å². The molecule has 0 saturated carbocycles. The van der Waals surface area contributed by atoms with Crippen molar-refractivity contribution in [1.82, 2.24) is 5.32 Å². The van der Waals surface area contributed by atoms with E-state index in [2.05, 4.69) is 10.6 Å². The molecule has 0 spiro atoms. The monoisotopic (exact) mass is 302 g/mol. The van der Waals surface area contributed by atoms with E-state index >= 15 is 0 Å². The first-order valence-corrected chi connectivity index (χ1v) is 6.71. The second-order valence-electron chi connectivity index (χ2n) is 4.95. The van der Waals surface area contributed by atoms with Crippen LogP contribution < -0.4 is 16.4 Å². The average Bonchev–Trinajstić information content (AvgIpc) is 2.46. The topological polar surface area (TPSA) is 125 Å². The van der Waals surface area contributed by atoms with Crippen LogP contribution in [0.1, 0.15) is 30.6 Å². The Morgan fingerprint density at radius 1 is 1.27 bits per heavy atom. The Morgan fingerprint density at radius 2 is 1.86 bits per heavy atom. The van der Waals surface area contributed by atoms with Crippen molar-refractivity contribution in [3.8, 4) is 6.07 Å². The van der Waals surface area contributed by atoms with Crippen molar-refractivity contribution in [2.75, 3.05) is 5.32 Å². The van der Waals surface area contributed by atoms with E-state index in [1.807, 2.05) is 6.07 Å². The number of rotatable bonds is 6. The fraction of sp³-hybridized carbons (Fsp3) is 0.333. The highest BCUT2D eigenvalue weighted by Gasteiger charge is 2.21. The lowest BCUT2D eigenvalue weighted by atomic mass is 10.0. The van der Waals surface area contributed by atoms with E-state index < -0.39 is 23.8 Å². The summed E-state index contributed by atoms with van der Waals surface area (Å²) >= 11 is 0. The molecule has 0 aromatic heterocycles.